The van der Waals surface area contributed by atoms with E-state index in [4.69, 9.17) is 9.52 Å². The van der Waals surface area contributed by atoms with Crippen molar-refractivity contribution in [2.45, 2.75) is 13.3 Å². The number of nitrogens with zero attached hydrogens (tertiary/aromatic N) is 5. The lowest BCUT2D eigenvalue weighted by Gasteiger charge is -2.14. The minimum Gasteiger partial charge on any atom is -0.444 e. The lowest BCUT2D eigenvalue weighted by molar-refractivity contribution is -0.384. The number of oxazole rings is 1. The average molecular weight is 498 g/mol. The van der Waals surface area contributed by atoms with E-state index in [1.165, 1.54) is 24.7 Å². The molecular weight excluding hydrogens is 476 g/mol. The van der Waals surface area contributed by atoms with Crippen molar-refractivity contribution in [1.82, 2.24) is 19.7 Å². The normalized spacial score (nSPS) is 11.1. The van der Waals surface area contributed by atoms with Gasteiger partial charge in [0.2, 0.25) is 0 Å². The summed E-state index contributed by atoms with van der Waals surface area (Å²) in [6.07, 6.45) is 6.45. The third-order valence-corrected chi connectivity index (χ3v) is 5.83. The summed E-state index contributed by atoms with van der Waals surface area (Å²) in [6.45, 7) is 2.38. The van der Waals surface area contributed by atoms with Crippen molar-refractivity contribution < 1.29 is 14.4 Å². The molecule has 11 nitrogen and oxygen atoms in total. The number of anilines is 1. The molecule has 0 atom stereocenters. The Balaban J connectivity index is 1.76. The number of nitrogens with one attached hydrogen (secondary N) is 1. The van der Waals surface area contributed by atoms with E-state index < -0.39 is 10.5 Å². The van der Waals surface area contributed by atoms with Crippen molar-refractivity contribution in [3.05, 3.63) is 93.5 Å². The topological polar surface area (TPSA) is 149 Å². The predicted octanol–water partition coefficient (Wildman–Crippen LogP) is 4.11. The fraction of sp³-hybridized carbons (Fsp3) is 0.154. The second-order valence-electron chi connectivity index (χ2n) is 8.40. The average Bonchev–Trinajstić information content (AvgIpc) is 3.44. The maximum absolute atomic E-state index is 13.5. The zero-order valence-electron chi connectivity index (χ0n) is 19.8. The van der Waals surface area contributed by atoms with Crippen LogP contribution in [0.2, 0.25) is 0 Å². The van der Waals surface area contributed by atoms with E-state index in [9.17, 15) is 14.9 Å². The third kappa shape index (κ3) is 4.67. The van der Waals surface area contributed by atoms with E-state index in [0.29, 0.717) is 41.1 Å². The van der Waals surface area contributed by atoms with E-state index in [-0.39, 0.29) is 23.4 Å². The van der Waals surface area contributed by atoms with Crippen LogP contribution in [0.1, 0.15) is 12.0 Å². The Morgan fingerprint density at radius 1 is 1.08 bits per heavy atom. The van der Waals surface area contributed by atoms with Crippen LogP contribution in [0, 0.1) is 17.0 Å². The number of aromatic nitrogens is 4. The van der Waals surface area contributed by atoms with E-state index in [1.807, 2.05) is 25.1 Å². The number of rotatable bonds is 8. The minimum atomic E-state index is -0.553. The molecule has 3 heterocycles. The lowest BCUT2D eigenvalue weighted by atomic mass is 10.0. The second kappa shape index (κ2) is 9.99. The number of nitro groups is 1. The Bertz CT molecular complexity index is 1660. The largest absolute Gasteiger partial charge is 0.444 e. The number of hydrogen-bond donors (Lipinski definition) is 2. The fourth-order valence-corrected chi connectivity index (χ4v) is 4.15. The molecule has 0 unspecified atom stereocenters. The van der Waals surface area contributed by atoms with Gasteiger partial charge in [-0.3, -0.25) is 19.9 Å². The van der Waals surface area contributed by atoms with Crippen molar-refractivity contribution in [2.24, 2.45) is 0 Å². The summed E-state index contributed by atoms with van der Waals surface area (Å²) in [5, 5.41) is 29.5. The first-order valence-corrected chi connectivity index (χ1v) is 11.5. The summed E-state index contributed by atoms with van der Waals surface area (Å²) in [7, 11) is 0. The van der Waals surface area contributed by atoms with Crippen LogP contribution in [0.5, 0.6) is 0 Å². The number of fused-ring (bicyclic) bond motifs is 1. The highest BCUT2D eigenvalue weighted by Gasteiger charge is 2.22. The van der Waals surface area contributed by atoms with Gasteiger partial charge in [-0.1, -0.05) is 0 Å². The number of aliphatic hydroxyl groups is 1. The van der Waals surface area contributed by atoms with Gasteiger partial charge in [0.05, 0.1) is 22.2 Å². The Labute approximate surface area is 210 Å². The standard InChI is InChI=1S/C26H22N6O5/c1-16-9-17(24-14-28-15-37-24)11-18(10-16)25-20-5-7-27-13-21(20)26(34)31(30-25)23-12-19(29-6-2-8-33)3-4-22(23)32(35)36/h3-5,7,9-15,29,33H,2,6,8H2,1H3. The molecule has 2 N–H and O–H groups in total. The van der Waals surface area contributed by atoms with Gasteiger partial charge in [-0.25, -0.2) is 4.98 Å². The summed E-state index contributed by atoms with van der Waals surface area (Å²) in [6, 6.07) is 11.8. The molecule has 3 aromatic heterocycles. The Morgan fingerprint density at radius 3 is 2.68 bits per heavy atom. The summed E-state index contributed by atoms with van der Waals surface area (Å²) in [4.78, 5) is 33.0. The van der Waals surface area contributed by atoms with Gasteiger partial charge in [-0.05, 0) is 55.3 Å². The number of benzene rings is 2. The summed E-state index contributed by atoms with van der Waals surface area (Å²) in [5.74, 6) is 0.571. The Kier molecular flexibility index (Phi) is 6.43. The molecule has 2 aromatic carbocycles. The van der Waals surface area contributed by atoms with Crippen LogP contribution < -0.4 is 10.9 Å². The fourth-order valence-electron chi connectivity index (χ4n) is 4.15. The molecule has 0 amide bonds. The monoisotopic (exact) mass is 498 g/mol. The molecule has 0 aliphatic rings. The number of hydrogen-bond acceptors (Lipinski definition) is 9. The zero-order chi connectivity index (χ0) is 25.9. The smallest absolute Gasteiger partial charge is 0.295 e. The highest BCUT2D eigenvalue weighted by atomic mass is 16.6. The van der Waals surface area contributed by atoms with Gasteiger partial charge in [0.15, 0.2) is 12.2 Å². The number of aliphatic hydroxyl groups excluding tert-OH is 1. The van der Waals surface area contributed by atoms with Gasteiger partial charge < -0.3 is 14.8 Å². The van der Waals surface area contributed by atoms with Crippen LogP contribution in [0.3, 0.4) is 0 Å². The molecule has 0 radical (unpaired) electrons. The zero-order valence-corrected chi connectivity index (χ0v) is 19.8. The SMILES string of the molecule is Cc1cc(-c2cnco2)cc(-c2nn(-c3cc(NCCCO)ccc3[N+](=O)[O-])c(=O)c3cnccc23)c1. The van der Waals surface area contributed by atoms with Crippen LogP contribution >= 0.6 is 0 Å². The quantitative estimate of drug-likeness (QED) is 0.183. The molecule has 0 aliphatic heterocycles. The number of aryl methyl sites for hydroxylation is 1. The van der Waals surface area contributed by atoms with E-state index >= 15 is 0 Å². The summed E-state index contributed by atoms with van der Waals surface area (Å²) >= 11 is 0. The molecule has 11 heteroatoms. The first kappa shape index (κ1) is 23.8. The van der Waals surface area contributed by atoms with E-state index in [0.717, 1.165) is 15.8 Å². The number of pyridine rings is 1. The van der Waals surface area contributed by atoms with Crippen LogP contribution in [0.15, 0.2) is 76.7 Å². The molecule has 0 saturated carbocycles. The van der Waals surface area contributed by atoms with Crippen LogP contribution in [0.4, 0.5) is 11.4 Å². The molecule has 0 spiro atoms. The van der Waals surface area contributed by atoms with Crippen molar-refractivity contribution in [1.29, 1.82) is 0 Å². The molecule has 0 saturated heterocycles. The van der Waals surface area contributed by atoms with E-state index in [2.05, 4.69) is 20.4 Å². The number of nitro benzene ring substituents is 1. The highest BCUT2D eigenvalue weighted by Crippen LogP contribution is 2.32. The van der Waals surface area contributed by atoms with Gasteiger partial charge >= 0.3 is 0 Å². The van der Waals surface area contributed by atoms with Crippen LogP contribution in [-0.2, 0) is 0 Å². The molecule has 5 aromatic rings. The first-order chi connectivity index (χ1) is 18.0. The maximum Gasteiger partial charge on any atom is 0.295 e. The summed E-state index contributed by atoms with van der Waals surface area (Å²) in [5.41, 5.74) is 2.60. The van der Waals surface area contributed by atoms with Crippen molar-refractivity contribution in [3.63, 3.8) is 0 Å². The van der Waals surface area contributed by atoms with Crippen molar-refractivity contribution >= 4 is 22.1 Å². The van der Waals surface area contributed by atoms with Gasteiger partial charge in [-0.15, -0.1) is 0 Å². The second-order valence-corrected chi connectivity index (χ2v) is 8.40. The summed E-state index contributed by atoms with van der Waals surface area (Å²) < 4.78 is 6.51. The van der Waals surface area contributed by atoms with Gasteiger partial charge in [0.1, 0.15) is 5.69 Å². The van der Waals surface area contributed by atoms with Gasteiger partial charge in [0.25, 0.3) is 11.2 Å². The van der Waals surface area contributed by atoms with E-state index in [1.54, 1.807) is 24.5 Å². The predicted molar refractivity (Wildman–Crippen MR) is 138 cm³/mol. The molecule has 0 fully saturated rings. The van der Waals surface area contributed by atoms with Crippen molar-refractivity contribution in [3.8, 4) is 28.3 Å². The molecule has 37 heavy (non-hydrogen) atoms. The molecule has 0 aliphatic carbocycles. The molecule has 186 valence electrons. The third-order valence-electron chi connectivity index (χ3n) is 5.83. The highest BCUT2D eigenvalue weighted by molar-refractivity contribution is 5.94. The van der Waals surface area contributed by atoms with Gasteiger partial charge in [-0.2, -0.15) is 9.78 Å². The van der Waals surface area contributed by atoms with Gasteiger partial charge in [0, 0.05) is 53.8 Å². The minimum absolute atomic E-state index is 0.00142. The Hall–Kier alpha value is -4.90. The van der Waals surface area contributed by atoms with Crippen LogP contribution in [-0.4, -0.2) is 42.9 Å². The molecule has 0 bridgehead atoms. The Morgan fingerprint density at radius 2 is 1.92 bits per heavy atom. The first-order valence-electron chi connectivity index (χ1n) is 11.5. The maximum atomic E-state index is 13.5. The lowest BCUT2D eigenvalue weighted by Crippen LogP contribution is -2.23. The van der Waals surface area contributed by atoms with Crippen molar-refractivity contribution in [2.75, 3.05) is 18.5 Å². The van der Waals surface area contributed by atoms with Crippen LogP contribution in [0.25, 0.3) is 39.0 Å². The molecular formula is C26H22N6O5. The molecule has 5 rings (SSSR count).